The zero-order valence-electron chi connectivity index (χ0n) is 14.2. The van der Waals surface area contributed by atoms with Crippen molar-refractivity contribution in [2.45, 2.75) is 38.7 Å². The third-order valence-electron chi connectivity index (χ3n) is 4.32. The van der Waals surface area contributed by atoms with E-state index in [9.17, 15) is 9.59 Å². The molecule has 2 atom stereocenters. The summed E-state index contributed by atoms with van der Waals surface area (Å²) in [5.74, 6) is 0.780. The van der Waals surface area contributed by atoms with Crippen molar-refractivity contribution < 1.29 is 24.2 Å². The Hall–Kier alpha value is -2.24. The van der Waals surface area contributed by atoms with E-state index in [-0.39, 0.29) is 18.2 Å². The summed E-state index contributed by atoms with van der Waals surface area (Å²) >= 11 is 0. The maximum absolute atomic E-state index is 12.6. The minimum atomic E-state index is -0.783. The predicted molar refractivity (Wildman–Crippen MR) is 89.3 cm³/mol. The van der Waals surface area contributed by atoms with Gasteiger partial charge in [-0.15, -0.1) is 0 Å². The molecule has 0 saturated carbocycles. The van der Waals surface area contributed by atoms with Crippen molar-refractivity contribution in [3.05, 3.63) is 24.3 Å². The fraction of sp³-hybridized carbons (Fsp3) is 0.556. The van der Waals surface area contributed by atoms with Crippen LogP contribution in [-0.2, 0) is 9.59 Å². The number of nitrogens with zero attached hydrogens (tertiary/aromatic N) is 1. The van der Waals surface area contributed by atoms with Gasteiger partial charge in [-0.1, -0.05) is 0 Å². The fourth-order valence-electron chi connectivity index (χ4n) is 2.99. The molecule has 1 aromatic rings. The smallest absolute Gasteiger partial charge is 0.303 e. The van der Waals surface area contributed by atoms with Gasteiger partial charge < -0.3 is 19.5 Å². The molecule has 1 fully saturated rings. The van der Waals surface area contributed by atoms with Crippen molar-refractivity contribution in [3.63, 3.8) is 0 Å². The van der Waals surface area contributed by atoms with Gasteiger partial charge in [-0.3, -0.25) is 9.59 Å². The Kier molecular flexibility index (Phi) is 6.46. The summed E-state index contributed by atoms with van der Waals surface area (Å²) in [4.78, 5) is 25.1. The Morgan fingerprint density at radius 3 is 2.58 bits per heavy atom. The van der Waals surface area contributed by atoms with Crippen LogP contribution in [0.15, 0.2) is 24.3 Å². The molecular formula is C18H25NO5. The predicted octanol–water partition coefficient (Wildman–Crippen LogP) is 2.57. The summed E-state index contributed by atoms with van der Waals surface area (Å²) in [6.45, 7) is 3.06. The van der Waals surface area contributed by atoms with Crippen LogP contribution in [0.5, 0.6) is 11.5 Å². The van der Waals surface area contributed by atoms with Gasteiger partial charge in [0.05, 0.1) is 7.11 Å². The second-order valence-corrected chi connectivity index (χ2v) is 6.16. The van der Waals surface area contributed by atoms with E-state index in [4.69, 9.17) is 14.6 Å². The number of ether oxygens (including phenoxy) is 2. The number of hydrogen-bond donors (Lipinski definition) is 1. The van der Waals surface area contributed by atoms with Crippen LogP contribution >= 0.6 is 0 Å². The third-order valence-corrected chi connectivity index (χ3v) is 4.32. The minimum Gasteiger partial charge on any atom is -0.497 e. The number of amides is 1. The molecule has 0 radical (unpaired) electrons. The van der Waals surface area contributed by atoms with Gasteiger partial charge in [-0.25, -0.2) is 0 Å². The van der Waals surface area contributed by atoms with E-state index >= 15 is 0 Å². The highest BCUT2D eigenvalue weighted by Crippen LogP contribution is 2.23. The summed E-state index contributed by atoms with van der Waals surface area (Å²) in [6, 6.07) is 7.12. The molecule has 6 heteroatoms. The lowest BCUT2D eigenvalue weighted by atomic mass is 9.93. The van der Waals surface area contributed by atoms with Crippen LogP contribution in [0.25, 0.3) is 0 Å². The molecule has 2 unspecified atom stereocenters. The van der Waals surface area contributed by atoms with Crippen molar-refractivity contribution in [2.24, 2.45) is 5.92 Å². The molecular weight excluding hydrogens is 310 g/mol. The van der Waals surface area contributed by atoms with Gasteiger partial charge in [-0.05, 0) is 56.4 Å². The molecule has 1 aromatic carbocycles. The first-order valence-corrected chi connectivity index (χ1v) is 8.31. The van der Waals surface area contributed by atoms with Crippen molar-refractivity contribution in [1.82, 2.24) is 4.90 Å². The van der Waals surface area contributed by atoms with Crippen molar-refractivity contribution in [3.8, 4) is 11.5 Å². The molecule has 0 aliphatic carbocycles. The number of benzene rings is 1. The summed E-state index contributed by atoms with van der Waals surface area (Å²) in [6.07, 6.45) is 2.09. The molecule has 1 amide bonds. The third kappa shape index (κ3) is 5.15. The first-order valence-electron chi connectivity index (χ1n) is 8.31. The molecule has 1 N–H and O–H groups in total. The average molecular weight is 335 g/mol. The quantitative estimate of drug-likeness (QED) is 0.829. The summed E-state index contributed by atoms with van der Waals surface area (Å²) in [5, 5.41) is 8.80. The van der Waals surface area contributed by atoms with Crippen LogP contribution < -0.4 is 9.47 Å². The van der Waals surface area contributed by atoms with E-state index in [1.165, 1.54) is 0 Å². The Morgan fingerprint density at radius 2 is 1.96 bits per heavy atom. The molecule has 6 nitrogen and oxygen atoms in total. The number of carbonyl (C=O) groups is 2. The van der Waals surface area contributed by atoms with E-state index in [1.54, 1.807) is 43.2 Å². The van der Waals surface area contributed by atoms with Gasteiger partial charge in [0.1, 0.15) is 11.5 Å². The van der Waals surface area contributed by atoms with Gasteiger partial charge >= 0.3 is 5.97 Å². The van der Waals surface area contributed by atoms with E-state index in [0.29, 0.717) is 25.3 Å². The molecule has 1 heterocycles. The van der Waals surface area contributed by atoms with Crippen LogP contribution in [0, 0.1) is 5.92 Å². The molecule has 0 spiro atoms. The van der Waals surface area contributed by atoms with Crippen molar-refractivity contribution in [1.29, 1.82) is 0 Å². The number of methoxy groups -OCH3 is 1. The maximum atomic E-state index is 12.6. The Balaban J connectivity index is 1.87. The number of piperidine rings is 1. The van der Waals surface area contributed by atoms with Crippen LogP contribution in [0.4, 0.5) is 0 Å². The summed E-state index contributed by atoms with van der Waals surface area (Å²) < 4.78 is 10.8. The molecule has 1 aliphatic heterocycles. The molecule has 132 valence electrons. The normalized spacial score (nSPS) is 18.8. The number of rotatable bonds is 7. The molecule has 1 aliphatic rings. The van der Waals surface area contributed by atoms with E-state index in [2.05, 4.69) is 0 Å². The number of aliphatic carboxylic acids is 1. The summed E-state index contributed by atoms with van der Waals surface area (Å²) in [7, 11) is 1.60. The lowest BCUT2D eigenvalue weighted by Gasteiger charge is -2.34. The lowest BCUT2D eigenvalue weighted by molar-refractivity contribution is -0.140. The lowest BCUT2D eigenvalue weighted by Crippen LogP contribution is -2.45. The highest BCUT2D eigenvalue weighted by Gasteiger charge is 2.28. The Labute approximate surface area is 142 Å². The van der Waals surface area contributed by atoms with Crippen LogP contribution in [0.3, 0.4) is 0 Å². The zero-order valence-corrected chi connectivity index (χ0v) is 14.2. The fourth-order valence-corrected chi connectivity index (χ4v) is 2.99. The molecule has 1 saturated heterocycles. The van der Waals surface area contributed by atoms with Gasteiger partial charge in [0.15, 0.2) is 6.10 Å². The first kappa shape index (κ1) is 18.1. The first-order chi connectivity index (χ1) is 11.5. The van der Waals surface area contributed by atoms with Gasteiger partial charge in [0.25, 0.3) is 5.91 Å². The standard InChI is InChI=1S/C18H25NO5/c1-13(24-16-8-6-15(23-2)7-9-16)18(22)19-11-3-4-14(12-19)5-10-17(20)21/h6-9,13-14H,3-5,10-12H2,1-2H3,(H,20,21). The van der Waals surface area contributed by atoms with Gasteiger partial charge in [-0.2, -0.15) is 0 Å². The van der Waals surface area contributed by atoms with E-state index in [0.717, 1.165) is 18.6 Å². The van der Waals surface area contributed by atoms with E-state index in [1.807, 2.05) is 0 Å². The van der Waals surface area contributed by atoms with Crippen LogP contribution in [-0.4, -0.2) is 48.2 Å². The van der Waals surface area contributed by atoms with Crippen molar-refractivity contribution >= 4 is 11.9 Å². The number of carboxylic acid groups (broad SMARTS) is 1. The molecule has 24 heavy (non-hydrogen) atoms. The maximum Gasteiger partial charge on any atom is 0.303 e. The van der Waals surface area contributed by atoms with Crippen LogP contribution in [0.2, 0.25) is 0 Å². The Morgan fingerprint density at radius 1 is 1.29 bits per heavy atom. The molecule has 0 aromatic heterocycles. The topological polar surface area (TPSA) is 76.1 Å². The van der Waals surface area contributed by atoms with E-state index < -0.39 is 12.1 Å². The minimum absolute atomic E-state index is 0.0501. The number of carbonyl (C=O) groups excluding carboxylic acids is 1. The summed E-state index contributed by atoms with van der Waals surface area (Å²) in [5.41, 5.74) is 0. The zero-order chi connectivity index (χ0) is 17.5. The molecule has 0 bridgehead atoms. The number of hydrogen-bond acceptors (Lipinski definition) is 4. The van der Waals surface area contributed by atoms with Crippen molar-refractivity contribution in [2.75, 3.05) is 20.2 Å². The highest BCUT2D eigenvalue weighted by atomic mass is 16.5. The Bertz CT molecular complexity index is 557. The number of carboxylic acids is 1. The monoisotopic (exact) mass is 335 g/mol. The van der Waals surface area contributed by atoms with Crippen LogP contribution in [0.1, 0.15) is 32.6 Å². The highest BCUT2D eigenvalue weighted by molar-refractivity contribution is 5.81. The second-order valence-electron chi connectivity index (χ2n) is 6.16. The average Bonchev–Trinajstić information content (AvgIpc) is 2.60. The largest absolute Gasteiger partial charge is 0.497 e. The van der Waals surface area contributed by atoms with Gasteiger partial charge in [0, 0.05) is 19.5 Å². The second kappa shape index (κ2) is 8.57. The van der Waals surface area contributed by atoms with Gasteiger partial charge in [0.2, 0.25) is 0 Å². The number of likely N-dealkylation sites (tertiary alicyclic amines) is 1. The SMILES string of the molecule is COc1ccc(OC(C)C(=O)N2CCCC(CCC(=O)O)C2)cc1. The molecule has 2 rings (SSSR count).